The Kier molecular flexibility index (Phi) is 4.01. The van der Waals surface area contributed by atoms with Gasteiger partial charge in [0.2, 0.25) is 0 Å². The number of rotatable bonds is 3. The van der Waals surface area contributed by atoms with Gasteiger partial charge in [-0.05, 0) is 37.8 Å². The normalized spacial score (nSPS) is 24.1. The Bertz CT molecular complexity index is 549. The molecule has 4 N–H and O–H groups in total. The van der Waals surface area contributed by atoms with Crippen molar-refractivity contribution in [2.45, 2.75) is 42.7 Å². The molecule has 0 unspecified atom stereocenters. The van der Waals surface area contributed by atoms with E-state index >= 15 is 0 Å². The Morgan fingerprint density at radius 3 is 2.47 bits per heavy atom. The molecule has 1 fully saturated rings. The van der Waals surface area contributed by atoms with Crippen LogP contribution < -0.4 is 11.1 Å². The van der Waals surface area contributed by atoms with E-state index < -0.39 is 9.84 Å². The molecule has 0 radical (unpaired) electrons. The Labute approximate surface area is 113 Å². The first kappa shape index (κ1) is 14.1. The average Bonchev–Trinajstić information content (AvgIpc) is 2.33. The first-order valence-electron chi connectivity index (χ1n) is 6.41. The Morgan fingerprint density at radius 1 is 1.26 bits per heavy atom. The minimum Gasteiger partial charge on any atom is -0.396 e. The van der Waals surface area contributed by atoms with Crippen LogP contribution in [-0.2, 0) is 9.84 Å². The number of benzene rings is 1. The molecule has 0 aromatic heterocycles. The summed E-state index contributed by atoms with van der Waals surface area (Å²) in [4.78, 5) is 0.161. The van der Waals surface area contributed by atoms with Crippen LogP contribution in [0.25, 0.3) is 0 Å². The highest BCUT2D eigenvalue weighted by Crippen LogP contribution is 2.29. The maximum atomic E-state index is 11.6. The third-order valence-corrected chi connectivity index (χ3v) is 4.68. The lowest BCUT2D eigenvalue weighted by Gasteiger charge is -2.27. The molecule has 5 nitrogen and oxygen atoms in total. The molecule has 2 rings (SSSR count). The van der Waals surface area contributed by atoms with Gasteiger partial charge in [-0.1, -0.05) is 6.07 Å². The van der Waals surface area contributed by atoms with E-state index in [1.165, 1.54) is 6.07 Å². The quantitative estimate of drug-likeness (QED) is 0.729. The predicted molar refractivity (Wildman–Crippen MR) is 75.8 cm³/mol. The molecule has 6 heteroatoms. The molecule has 1 saturated carbocycles. The van der Waals surface area contributed by atoms with E-state index in [4.69, 9.17) is 5.73 Å². The Hall–Kier alpha value is -1.27. The van der Waals surface area contributed by atoms with Crippen molar-refractivity contribution < 1.29 is 13.5 Å². The second kappa shape index (κ2) is 5.38. The van der Waals surface area contributed by atoms with E-state index in [2.05, 4.69) is 5.32 Å². The summed E-state index contributed by atoms with van der Waals surface area (Å²) in [6.45, 7) is 0. The first-order chi connectivity index (χ1) is 8.88. The molecule has 0 amide bonds. The summed E-state index contributed by atoms with van der Waals surface area (Å²) >= 11 is 0. The number of sulfone groups is 1. The number of aliphatic hydroxyl groups is 1. The van der Waals surface area contributed by atoms with E-state index in [1.807, 2.05) is 0 Å². The van der Waals surface area contributed by atoms with Gasteiger partial charge in [0, 0.05) is 12.3 Å². The zero-order chi connectivity index (χ0) is 14.0. The summed E-state index contributed by atoms with van der Waals surface area (Å²) < 4.78 is 23.2. The van der Waals surface area contributed by atoms with Crippen molar-refractivity contribution in [3.63, 3.8) is 0 Å². The number of aliphatic hydroxyl groups excluding tert-OH is 1. The van der Waals surface area contributed by atoms with Crippen molar-refractivity contribution in [1.82, 2.24) is 0 Å². The second-order valence-electron chi connectivity index (χ2n) is 5.14. The SMILES string of the molecule is CS(=O)(=O)c1cccc(NC2CCC(O)CC2)c1N. The van der Waals surface area contributed by atoms with E-state index in [-0.39, 0.29) is 22.7 Å². The van der Waals surface area contributed by atoms with Crippen molar-refractivity contribution in [2.24, 2.45) is 0 Å². The lowest BCUT2D eigenvalue weighted by atomic mass is 9.93. The highest BCUT2D eigenvalue weighted by atomic mass is 32.2. The average molecular weight is 284 g/mol. The van der Waals surface area contributed by atoms with Crippen LogP contribution in [0.1, 0.15) is 25.7 Å². The van der Waals surface area contributed by atoms with Gasteiger partial charge in [0.1, 0.15) is 0 Å². The number of anilines is 2. The van der Waals surface area contributed by atoms with Gasteiger partial charge in [-0.15, -0.1) is 0 Å². The molecule has 0 aliphatic heterocycles. The molecular formula is C13H20N2O3S. The van der Waals surface area contributed by atoms with Crippen LogP contribution in [0.2, 0.25) is 0 Å². The van der Waals surface area contributed by atoms with E-state index in [1.54, 1.807) is 12.1 Å². The van der Waals surface area contributed by atoms with Crippen molar-refractivity contribution in [3.05, 3.63) is 18.2 Å². The smallest absolute Gasteiger partial charge is 0.177 e. The number of nitrogen functional groups attached to an aromatic ring is 1. The summed E-state index contributed by atoms with van der Waals surface area (Å²) in [5.74, 6) is 0. The van der Waals surface area contributed by atoms with Gasteiger partial charge in [-0.2, -0.15) is 0 Å². The molecular weight excluding hydrogens is 264 g/mol. The zero-order valence-electron chi connectivity index (χ0n) is 11.0. The van der Waals surface area contributed by atoms with Crippen LogP contribution in [0.4, 0.5) is 11.4 Å². The highest BCUT2D eigenvalue weighted by molar-refractivity contribution is 7.90. The summed E-state index contributed by atoms with van der Waals surface area (Å²) in [6, 6.07) is 5.22. The molecule has 1 aliphatic carbocycles. The fourth-order valence-electron chi connectivity index (χ4n) is 2.43. The zero-order valence-corrected chi connectivity index (χ0v) is 11.8. The molecule has 0 bridgehead atoms. The van der Waals surface area contributed by atoms with E-state index in [0.29, 0.717) is 5.69 Å². The summed E-state index contributed by atoms with van der Waals surface area (Å²) in [7, 11) is -3.31. The number of hydrogen-bond acceptors (Lipinski definition) is 5. The van der Waals surface area contributed by atoms with Gasteiger partial charge in [0.25, 0.3) is 0 Å². The molecule has 0 saturated heterocycles. The predicted octanol–water partition coefficient (Wildman–Crippen LogP) is 1.39. The van der Waals surface area contributed by atoms with Gasteiger partial charge < -0.3 is 16.2 Å². The van der Waals surface area contributed by atoms with Gasteiger partial charge in [-0.25, -0.2) is 8.42 Å². The number of hydrogen-bond donors (Lipinski definition) is 3. The van der Waals surface area contributed by atoms with Crippen molar-refractivity contribution in [3.8, 4) is 0 Å². The number of nitrogens with one attached hydrogen (secondary N) is 1. The molecule has 0 heterocycles. The molecule has 1 aromatic rings. The largest absolute Gasteiger partial charge is 0.396 e. The van der Waals surface area contributed by atoms with Crippen molar-refractivity contribution >= 4 is 21.2 Å². The molecule has 106 valence electrons. The van der Waals surface area contributed by atoms with Crippen LogP contribution in [0.3, 0.4) is 0 Å². The number of nitrogens with two attached hydrogens (primary N) is 1. The molecule has 19 heavy (non-hydrogen) atoms. The summed E-state index contributed by atoms with van der Waals surface area (Å²) in [5.41, 5.74) is 6.85. The highest BCUT2D eigenvalue weighted by Gasteiger charge is 2.21. The van der Waals surface area contributed by atoms with Crippen LogP contribution >= 0.6 is 0 Å². The maximum absolute atomic E-state index is 11.6. The van der Waals surface area contributed by atoms with Crippen molar-refractivity contribution in [1.29, 1.82) is 0 Å². The number of para-hydroxylation sites is 1. The fourth-order valence-corrected chi connectivity index (χ4v) is 3.27. The first-order valence-corrected chi connectivity index (χ1v) is 8.30. The minimum absolute atomic E-state index is 0.161. The van der Waals surface area contributed by atoms with Crippen LogP contribution in [0.5, 0.6) is 0 Å². The van der Waals surface area contributed by atoms with Crippen molar-refractivity contribution in [2.75, 3.05) is 17.3 Å². The molecule has 1 aliphatic rings. The van der Waals surface area contributed by atoms with Gasteiger partial charge in [0.05, 0.1) is 22.4 Å². The third kappa shape index (κ3) is 3.39. The second-order valence-corrected chi connectivity index (χ2v) is 7.12. The lowest BCUT2D eigenvalue weighted by molar-refractivity contribution is 0.126. The molecule has 1 aromatic carbocycles. The Morgan fingerprint density at radius 2 is 1.89 bits per heavy atom. The van der Waals surface area contributed by atoms with Gasteiger partial charge in [0.15, 0.2) is 9.84 Å². The standard InChI is InChI=1S/C13H20N2O3S/c1-19(17,18)12-4-2-3-11(13(12)14)15-9-5-7-10(16)8-6-9/h2-4,9-10,15-16H,5-8,14H2,1H3. The van der Waals surface area contributed by atoms with Gasteiger partial charge >= 0.3 is 0 Å². The van der Waals surface area contributed by atoms with Crippen LogP contribution in [-0.4, -0.2) is 31.9 Å². The Balaban J connectivity index is 2.17. The third-order valence-electron chi connectivity index (χ3n) is 3.52. The fraction of sp³-hybridized carbons (Fsp3) is 0.538. The summed E-state index contributed by atoms with van der Waals surface area (Å²) in [6.07, 6.45) is 4.21. The lowest BCUT2D eigenvalue weighted by Crippen LogP contribution is -2.28. The summed E-state index contributed by atoms with van der Waals surface area (Å²) in [5, 5.41) is 12.7. The molecule has 0 spiro atoms. The monoisotopic (exact) mass is 284 g/mol. The molecule has 0 atom stereocenters. The van der Waals surface area contributed by atoms with E-state index in [0.717, 1.165) is 31.9 Å². The maximum Gasteiger partial charge on any atom is 0.177 e. The van der Waals surface area contributed by atoms with E-state index in [9.17, 15) is 13.5 Å². The van der Waals surface area contributed by atoms with Gasteiger partial charge in [-0.3, -0.25) is 0 Å². The minimum atomic E-state index is -3.31. The van der Waals surface area contributed by atoms with Crippen LogP contribution in [0, 0.1) is 0 Å². The van der Waals surface area contributed by atoms with Crippen LogP contribution in [0.15, 0.2) is 23.1 Å². The topological polar surface area (TPSA) is 92.4 Å².